The summed E-state index contributed by atoms with van der Waals surface area (Å²) in [5, 5.41) is 1.06. The van der Waals surface area contributed by atoms with Crippen molar-refractivity contribution < 1.29 is 0 Å². The van der Waals surface area contributed by atoms with Gasteiger partial charge in [-0.1, -0.05) is 50.0 Å². The summed E-state index contributed by atoms with van der Waals surface area (Å²) in [6.45, 7) is 7.46. The van der Waals surface area contributed by atoms with Gasteiger partial charge in [0.25, 0.3) is 5.56 Å². The van der Waals surface area contributed by atoms with Crippen LogP contribution in [-0.2, 0) is 19.0 Å². The predicted octanol–water partition coefficient (Wildman–Crippen LogP) is 4.72. The molecule has 5 heteroatoms. The van der Waals surface area contributed by atoms with E-state index in [4.69, 9.17) is 23.2 Å². The lowest BCUT2D eigenvalue weighted by Crippen LogP contribution is -2.35. The highest BCUT2D eigenvalue weighted by Crippen LogP contribution is 2.66. The van der Waals surface area contributed by atoms with Crippen molar-refractivity contribution in [2.75, 3.05) is 0 Å². The number of fused-ring (bicyclic) bond motifs is 5. The molecule has 1 aromatic carbocycles. The van der Waals surface area contributed by atoms with Gasteiger partial charge in [0.2, 0.25) is 0 Å². The van der Waals surface area contributed by atoms with Crippen LogP contribution in [-0.4, -0.2) is 9.36 Å². The van der Waals surface area contributed by atoms with Crippen LogP contribution >= 0.6 is 23.2 Å². The summed E-state index contributed by atoms with van der Waals surface area (Å²) in [6, 6.07) is 5.56. The number of hydrogen-bond acceptors (Lipinski definition) is 1. The molecule has 0 saturated heterocycles. The number of nitrogens with zero attached hydrogens (tertiary/aromatic N) is 2. The third-order valence-corrected chi connectivity index (χ3v) is 7.56. The molecule has 1 heterocycles. The van der Waals surface area contributed by atoms with Crippen molar-refractivity contribution in [1.82, 2.24) is 9.36 Å². The van der Waals surface area contributed by atoms with E-state index in [0.29, 0.717) is 22.5 Å². The van der Waals surface area contributed by atoms with E-state index in [0.717, 1.165) is 24.0 Å². The van der Waals surface area contributed by atoms with Gasteiger partial charge in [-0.25, -0.2) is 4.68 Å². The molecule has 2 bridgehead atoms. The zero-order chi connectivity index (χ0) is 17.4. The first-order valence-electron chi connectivity index (χ1n) is 8.42. The Hall–Kier alpha value is -1.19. The quantitative estimate of drug-likeness (QED) is 0.757. The van der Waals surface area contributed by atoms with E-state index in [2.05, 4.69) is 25.5 Å². The minimum absolute atomic E-state index is 0.0732. The van der Waals surface area contributed by atoms with Crippen molar-refractivity contribution in [3.63, 3.8) is 0 Å². The van der Waals surface area contributed by atoms with Gasteiger partial charge in [-0.05, 0) is 41.9 Å². The average molecular weight is 365 g/mol. The molecule has 2 atom stereocenters. The van der Waals surface area contributed by atoms with Gasteiger partial charge < -0.3 is 0 Å². The second-order valence-electron chi connectivity index (χ2n) is 8.04. The largest absolute Gasteiger partial charge is 0.289 e. The minimum atomic E-state index is 0.0732. The van der Waals surface area contributed by atoms with Gasteiger partial charge in [-0.3, -0.25) is 9.48 Å². The highest BCUT2D eigenvalue weighted by molar-refractivity contribution is 6.42. The Morgan fingerprint density at radius 2 is 1.92 bits per heavy atom. The van der Waals surface area contributed by atoms with Gasteiger partial charge >= 0.3 is 0 Å². The van der Waals surface area contributed by atoms with Crippen LogP contribution < -0.4 is 5.56 Å². The van der Waals surface area contributed by atoms with Gasteiger partial charge in [0, 0.05) is 18.0 Å². The number of halogens is 2. The Kier molecular flexibility index (Phi) is 3.34. The fraction of sp³-hybridized carbons (Fsp3) is 0.526. The summed E-state index contributed by atoms with van der Waals surface area (Å²) in [5.74, 6) is 0.367. The van der Waals surface area contributed by atoms with Crippen LogP contribution in [0.5, 0.6) is 0 Å². The lowest BCUT2D eigenvalue weighted by atomic mass is 9.70. The maximum Gasteiger partial charge on any atom is 0.270 e. The van der Waals surface area contributed by atoms with Gasteiger partial charge in [0.05, 0.1) is 22.3 Å². The molecule has 0 radical (unpaired) electrons. The highest BCUT2D eigenvalue weighted by Gasteiger charge is 2.62. The summed E-state index contributed by atoms with van der Waals surface area (Å²) in [6.07, 6.45) is 2.27. The molecule has 0 aliphatic heterocycles. The van der Waals surface area contributed by atoms with Crippen LogP contribution in [0.2, 0.25) is 10.0 Å². The number of aromatic nitrogens is 2. The predicted molar refractivity (Wildman–Crippen MR) is 98.3 cm³/mol. The molecule has 0 spiro atoms. The Balaban J connectivity index is 1.83. The van der Waals surface area contributed by atoms with Gasteiger partial charge in [0.1, 0.15) is 0 Å². The molecule has 1 saturated carbocycles. The molecule has 1 aromatic heterocycles. The Labute approximate surface area is 152 Å². The van der Waals surface area contributed by atoms with E-state index >= 15 is 0 Å². The summed E-state index contributed by atoms with van der Waals surface area (Å²) in [7, 11) is 2.01. The molecule has 2 aliphatic rings. The fourth-order valence-corrected chi connectivity index (χ4v) is 5.38. The van der Waals surface area contributed by atoms with E-state index in [9.17, 15) is 4.79 Å². The summed E-state index contributed by atoms with van der Waals surface area (Å²) in [5.41, 5.74) is 3.63. The van der Waals surface area contributed by atoms with Crippen molar-refractivity contribution in [3.05, 3.63) is 55.4 Å². The number of hydrogen-bond donors (Lipinski definition) is 0. The van der Waals surface area contributed by atoms with Crippen molar-refractivity contribution in [1.29, 1.82) is 0 Å². The SMILES string of the molecule is Cn1c2c(c(=O)n1Cc1ccc(Cl)c(Cl)c1)C1CC[C@]2(C)C1(C)C. The van der Waals surface area contributed by atoms with Crippen molar-refractivity contribution in [2.24, 2.45) is 12.5 Å². The molecule has 128 valence electrons. The second-order valence-corrected chi connectivity index (χ2v) is 8.86. The first-order valence-corrected chi connectivity index (χ1v) is 9.18. The van der Waals surface area contributed by atoms with E-state index in [-0.39, 0.29) is 16.4 Å². The van der Waals surface area contributed by atoms with Crippen LogP contribution in [0.3, 0.4) is 0 Å². The van der Waals surface area contributed by atoms with Gasteiger partial charge in [-0.2, -0.15) is 0 Å². The minimum Gasteiger partial charge on any atom is -0.289 e. The third-order valence-electron chi connectivity index (χ3n) is 6.82. The first kappa shape index (κ1) is 16.3. The van der Waals surface area contributed by atoms with E-state index in [1.54, 1.807) is 6.07 Å². The van der Waals surface area contributed by atoms with E-state index in [1.165, 1.54) is 5.69 Å². The van der Waals surface area contributed by atoms with Crippen LogP contribution in [0.25, 0.3) is 0 Å². The second kappa shape index (κ2) is 4.92. The molecule has 1 fully saturated rings. The average Bonchev–Trinajstić information content (AvgIpc) is 2.97. The monoisotopic (exact) mass is 364 g/mol. The molecule has 1 unspecified atom stereocenters. The smallest absolute Gasteiger partial charge is 0.270 e. The Morgan fingerprint density at radius 3 is 2.54 bits per heavy atom. The van der Waals surface area contributed by atoms with Crippen LogP contribution in [0.1, 0.15) is 56.4 Å². The number of benzene rings is 1. The van der Waals surface area contributed by atoms with Crippen molar-refractivity contribution >= 4 is 23.2 Å². The highest BCUT2D eigenvalue weighted by atomic mass is 35.5. The normalized spacial score (nSPS) is 26.8. The van der Waals surface area contributed by atoms with Crippen LogP contribution in [0.15, 0.2) is 23.0 Å². The maximum atomic E-state index is 13.1. The zero-order valence-electron chi connectivity index (χ0n) is 14.5. The summed E-state index contributed by atoms with van der Waals surface area (Å²) >= 11 is 12.1. The summed E-state index contributed by atoms with van der Waals surface area (Å²) < 4.78 is 3.93. The summed E-state index contributed by atoms with van der Waals surface area (Å²) in [4.78, 5) is 13.1. The standard InChI is InChI=1S/C19H22Cl2N2O/c1-18(2)12-7-8-19(18,3)16-15(12)17(24)23(22(16)4)10-11-5-6-13(20)14(21)9-11/h5-6,9,12H,7-8,10H2,1-4H3/t12?,19-/m0/s1. The molecule has 0 N–H and O–H groups in total. The van der Waals surface area contributed by atoms with Gasteiger partial charge in [-0.15, -0.1) is 0 Å². The molecule has 0 amide bonds. The maximum absolute atomic E-state index is 13.1. The molecule has 3 nitrogen and oxygen atoms in total. The lowest BCUT2D eigenvalue weighted by Gasteiger charge is -2.36. The Bertz CT molecular complexity index is 909. The van der Waals surface area contributed by atoms with E-state index in [1.807, 2.05) is 23.9 Å². The fourth-order valence-electron chi connectivity index (χ4n) is 5.06. The van der Waals surface area contributed by atoms with Crippen LogP contribution in [0, 0.1) is 5.41 Å². The third kappa shape index (κ3) is 1.83. The Morgan fingerprint density at radius 1 is 1.21 bits per heavy atom. The lowest BCUT2D eigenvalue weighted by molar-refractivity contribution is 0.215. The van der Waals surface area contributed by atoms with Crippen LogP contribution in [0.4, 0.5) is 0 Å². The van der Waals surface area contributed by atoms with Crippen molar-refractivity contribution in [3.8, 4) is 0 Å². The molecular formula is C19H22Cl2N2O. The topological polar surface area (TPSA) is 26.9 Å². The molecule has 24 heavy (non-hydrogen) atoms. The van der Waals surface area contributed by atoms with Crippen molar-refractivity contribution in [2.45, 2.75) is 51.5 Å². The molecule has 2 aromatic rings. The van der Waals surface area contributed by atoms with E-state index < -0.39 is 0 Å². The molecular weight excluding hydrogens is 343 g/mol. The zero-order valence-corrected chi connectivity index (χ0v) is 16.0. The first-order chi connectivity index (χ1) is 11.2. The number of rotatable bonds is 2. The molecule has 4 rings (SSSR count). The molecule has 2 aliphatic carbocycles. The van der Waals surface area contributed by atoms with Gasteiger partial charge in [0.15, 0.2) is 0 Å².